The van der Waals surface area contributed by atoms with Crippen LogP contribution in [-0.2, 0) is 23.9 Å². The van der Waals surface area contributed by atoms with E-state index in [-0.39, 0.29) is 13.0 Å². The Kier molecular flexibility index (Phi) is 13.0. The van der Waals surface area contributed by atoms with Gasteiger partial charge in [0.05, 0.1) is 13.7 Å². The number of esters is 1. The van der Waals surface area contributed by atoms with Crippen molar-refractivity contribution in [2.24, 2.45) is 0 Å². The lowest BCUT2D eigenvalue weighted by atomic mass is 10.00. The van der Waals surface area contributed by atoms with E-state index < -0.39 is 54.7 Å². The SMILES string of the molecule is C=Cc1cccc(C(C(=O)NCC(=O)OC)N(CCO)C(=O)C(CCSC)NC(=O)OC(C)(C)C)c1. The van der Waals surface area contributed by atoms with Crippen LogP contribution in [0.25, 0.3) is 6.08 Å². The van der Waals surface area contributed by atoms with Crippen molar-refractivity contribution < 1.29 is 33.8 Å². The van der Waals surface area contributed by atoms with E-state index in [1.54, 1.807) is 51.1 Å². The van der Waals surface area contributed by atoms with Gasteiger partial charge < -0.3 is 30.1 Å². The van der Waals surface area contributed by atoms with Crippen LogP contribution < -0.4 is 10.6 Å². The Morgan fingerprint density at radius 3 is 2.50 bits per heavy atom. The van der Waals surface area contributed by atoms with Gasteiger partial charge in [-0.15, -0.1) is 0 Å². The van der Waals surface area contributed by atoms with Crippen LogP contribution in [0.3, 0.4) is 0 Å². The molecular formula is C25H37N3O7S. The maximum absolute atomic E-state index is 13.8. The number of nitrogens with one attached hydrogen (secondary N) is 2. The van der Waals surface area contributed by atoms with Gasteiger partial charge in [-0.2, -0.15) is 11.8 Å². The molecule has 0 heterocycles. The second kappa shape index (κ2) is 15.1. The highest BCUT2D eigenvalue weighted by Gasteiger charge is 2.36. The third-order valence-corrected chi connectivity index (χ3v) is 5.52. The quantitative estimate of drug-likeness (QED) is 0.335. The maximum Gasteiger partial charge on any atom is 0.408 e. The largest absolute Gasteiger partial charge is 0.468 e. The van der Waals surface area contributed by atoms with Gasteiger partial charge in [0.15, 0.2) is 0 Å². The summed E-state index contributed by atoms with van der Waals surface area (Å²) >= 11 is 1.49. The van der Waals surface area contributed by atoms with Crippen LogP contribution in [0.5, 0.6) is 0 Å². The Hall–Kier alpha value is -3.05. The van der Waals surface area contributed by atoms with Crippen molar-refractivity contribution in [3.05, 3.63) is 42.0 Å². The van der Waals surface area contributed by atoms with Gasteiger partial charge in [-0.05, 0) is 56.4 Å². The minimum absolute atomic E-state index is 0.195. The molecule has 0 saturated carbocycles. The Labute approximate surface area is 216 Å². The maximum atomic E-state index is 13.8. The summed E-state index contributed by atoms with van der Waals surface area (Å²) in [6, 6.07) is 4.61. The summed E-state index contributed by atoms with van der Waals surface area (Å²) in [5.74, 6) is -1.34. The Morgan fingerprint density at radius 1 is 1.25 bits per heavy atom. The summed E-state index contributed by atoms with van der Waals surface area (Å²) in [6.45, 7) is 7.83. The van der Waals surface area contributed by atoms with Crippen molar-refractivity contribution in [2.45, 2.75) is 44.9 Å². The zero-order chi connectivity index (χ0) is 27.3. The molecule has 0 bridgehead atoms. The summed E-state index contributed by atoms with van der Waals surface area (Å²) in [5.41, 5.74) is 0.376. The topological polar surface area (TPSA) is 134 Å². The zero-order valence-electron chi connectivity index (χ0n) is 21.5. The lowest BCUT2D eigenvalue weighted by Gasteiger charge is -2.34. The van der Waals surface area contributed by atoms with Gasteiger partial charge >= 0.3 is 12.1 Å². The minimum Gasteiger partial charge on any atom is -0.468 e. The predicted octanol–water partition coefficient (Wildman–Crippen LogP) is 2.13. The Balaban J connectivity index is 3.43. The van der Waals surface area contributed by atoms with Gasteiger partial charge in [-0.1, -0.05) is 30.9 Å². The molecule has 0 aliphatic carbocycles. The molecule has 0 spiro atoms. The van der Waals surface area contributed by atoms with Crippen molar-refractivity contribution in [2.75, 3.05) is 38.8 Å². The molecule has 11 heteroatoms. The molecule has 0 radical (unpaired) electrons. The van der Waals surface area contributed by atoms with Gasteiger partial charge in [0, 0.05) is 6.54 Å². The number of thioether (sulfide) groups is 1. The summed E-state index contributed by atoms with van der Waals surface area (Å²) in [6.07, 6.45) is 2.96. The number of ether oxygens (including phenoxy) is 2. The summed E-state index contributed by atoms with van der Waals surface area (Å²) < 4.78 is 9.91. The highest BCUT2D eigenvalue weighted by molar-refractivity contribution is 7.98. The van der Waals surface area contributed by atoms with Crippen molar-refractivity contribution >= 4 is 41.7 Å². The number of alkyl carbamates (subject to hydrolysis) is 1. The van der Waals surface area contributed by atoms with E-state index >= 15 is 0 Å². The van der Waals surface area contributed by atoms with Crippen molar-refractivity contribution in [1.82, 2.24) is 15.5 Å². The van der Waals surface area contributed by atoms with Gasteiger partial charge in [0.25, 0.3) is 0 Å². The molecule has 0 aliphatic heterocycles. The Bertz CT molecular complexity index is 917. The van der Waals surface area contributed by atoms with Crippen LogP contribution in [0.1, 0.15) is 44.4 Å². The first-order valence-electron chi connectivity index (χ1n) is 11.4. The van der Waals surface area contributed by atoms with Crippen LogP contribution in [0, 0.1) is 0 Å². The van der Waals surface area contributed by atoms with Gasteiger partial charge in [-0.25, -0.2) is 4.79 Å². The number of aliphatic hydroxyl groups is 1. The van der Waals surface area contributed by atoms with E-state index in [1.807, 2.05) is 6.26 Å². The van der Waals surface area contributed by atoms with Gasteiger partial charge in [0.1, 0.15) is 24.2 Å². The van der Waals surface area contributed by atoms with Crippen LogP contribution in [-0.4, -0.2) is 84.3 Å². The first kappa shape index (κ1) is 31.0. The number of carbonyl (C=O) groups excluding carboxylic acids is 4. The number of carbonyl (C=O) groups is 4. The second-order valence-corrected chi connectivity index (χ2v) is 9.79. The highest BCUT2D eigenvalue weighted by atomic mass is 32.2. The lowest BCUT2D eigenvalue weighted by molar-refractivity contribution is -0.145. The summed E-state index contributed by atoms with van der Waals surface area (Å²) in [7, 11) is 1.19. The zero-order valence-corrected chi connectivity index (χ0v) is 22.4. The number of hydrogen-bond donors (Lipinski definition) is 3. The predicted molar refractivity (Wildman–Crippen MR) is 139 cm³/mol. The van der Waals surface area contributed by atoms with Crippen LogP contribution in [0.15, 0.2) is 30.8 Å². The number of amides is 3. The third kappa shape index (κ3) is 10.3. The third-order valence-electron chi connectivity index (χ3n) is 4.88. The monoisotopic (exact) mass is 523 g/mol. The molecule has 10 nitrogen and oxygen atoms in total. The molecule has 0 aliphatic rings. The fourth-order valence-corrected chi connectivity index (χ4v) is 3.75. The molecule has 0 fully saturated rings. The fourth-order valence-electron chi connectivity index (χ4n) is 3.27. The average Bonchev–Trinajstić information content (AvgIpc) is 2.83. The molecule has 3 amide bonds. The van der Waals surface area contributed by atoms with Crippen molar-refractivity contribution in [3.63, 3.8) is 0 Å². The van der Waals surface area contributed by atoms with Crippen LogP contribution >= 0.6 is 11.8 Å². The first-order chi connectivity index (χ1) is 17.0. The molecule has 0 saturated heterocycles. The number of nitrogens with zero attached hydrogens (tertiary/aromatic N) is 1. The van der Waals surface area contributed by atoms with Gasteiger partial charge in [-0.3, -0.25) is 14.4 Å². The van der Waals surface area contributed by atoms with E-state index in [1.165, 1.54) is 23.8 Å². The molecule has 0 aromatic heterocycles. The molecule has 1 aromatic carbocycles. The number of hydrogen-bond acceptors (Lipinski definition) is 8. The number of rotatable bonds is 13. The smallest absolute Gasteiger partial charge is 0.408 e. The molecule has 200 valence electrons. The standard InChI is InChI=1S/C25H37N3O7S/c1-7-17-9-8-10-18(15-17)21(22(31)26-16-20(30)34-5)28(12-13-29)23(32)19(11-14-36-6)27-24(33)35-25(2,3)4/h7-10,15,19,21,29H,1,11-14,16H2,2-6H3,(H,26,31)(H,27,33). The molecule has 2 atom stereocenters. The highest BCUT2D eigenvalue weighted by Crippen LogP contribution is 2.24. The van der Waals surface area contributed by atoms with E-state index in [9.17, 15) is 24.3 Å². The Morgan fingerprint density at radius 2 is 1.94 bits per heavy atom. The molecule has 1 rings (SSSR count). The van der Waals surface area contributed by atoms with E-state index in [4.69, 9.17) is 4.74 Å². The van der Waals surface area contributed by atoms with Crippen molar-refractivity contribution in [1.29, 1.82) is 0 Å². The average molecular weight is 524 g/mol. The van der Waals surface area contributed by atoms with Crippen LogP contribution in [0.4, 0.5) is 4.79 Å². The summed E-state index contributed by atoms with van der Waals surface area (Å²) in [5, 5.41) is 14.9. The fraction of sp³-hybridized carbons (Fsp3) is 0.520. The first-order valence-corrected chi connectivity index (χ1v) is 12.8. The molecule has 1 aromatic rings. The minimum atomic E-state index is -1.20. The molecule has 36 heavy (non-hydrogen) atoms. The van der Waals surface area contributed by atoms with E-state index in [0.29, 0.717) is 16.9 Å². The number of benzene rings is 1. The van der Waals surface area contributed by atoms with E-state index in [0.717, 1.165) is 0 Å². The number of methoxy groups -OCH3 is 1. The number of aliphatic hydroxyl groups excluding tert-OH is 1. The second-order valence-electron chi connectivity index (χ2n) is 8.81. The molecule has 3 N–H and O–H groups in total. The lowest BCUT2D eigenvalue weighted by Crippen LogP contribution is -2.54. The van der Waals surface area contributed by atoms with Crippen molar-refractivity contribution in [3.8, 4) is 0 Å². The molecular weight excluding hydrogens is 486 g/mol. The summed E-state index contributed by atoms with van der Waals surface area (Å²) in [4.78, 5) is 52.4. The van der Waals surface area contributed by atoms with E-state index in [2.05, 4.69) is 21.9 Å². The normalized spacial score (nSPS) is 12.6. The van der Waals surface area contributed by atoms with Gasteiger partial charge in [0.2, 0.25) is 11.8 Å². The van der Waals surface area contributed by atoms with Crippen LogP contribution in [0.2, 0.25) is 0 Å². The molecule has 2 unspecified atom stereocenters.